The van der Waals surface area contributed by atoms with Crippen LogP contribution in [0.1, 0.15) is 45.1 Å². The summed E-state index contributed by atoms with van der Waals surface area (Å²) < 4.78 is 56.3. The summed E-state index contributed by atoms with van der Waals surface area (Å²) >= 11 is 0. The lowest BCUT2D eigenvalue weighted by atomic mass is 9.90. The van der Waals surface area contributed by atoms with Crippen molar-refractivity contribution in [2.45, 2.75) is 57.8 Å². The van der Waals surface area contributed by atoms with Gasteiger partial charge in [0.1, 0.15) is 0 Å². The van der Waals surface area contributed by atoms with E-state index in [9.17, 15) is 17.6 Å². The van der Waals surface area contributed by atoms with Gasteiger partial charge in [0.05, 0.1) is 11.8 Å². The number of rotatable bonds is 8. The molecule has 37 heavy (non-hydrogen) atoms. The van der Waals surface area contributed by atoms with Gasteiger partial charge in [-0.2, -0.15) is 18.2 Å². The fraction of sp³-hybridized carbons (Fsp3) is 0.615. The minimum absolute atomic E-state index is 0.0428. The predicted molar refractivity (Wildman–Crippen MR) is 139 cm³/mol. The van der Waals surface area contributed by atoms with Gasteiger partial charge in [-0.05, 0) is 64.0 Å². The zero-order valence-corrected chi connectivity index (χ0v) is 21.8. The fourth-order valence-electron chi connectivity index (χ4n) is 5.34. The van der Waals surface area contributed by atoms with Gasteiger partial charge in [-0.15, -0.1) is 0 Å². The van der Waals surface area contributed by atoms with Crippen LogP contribution in [-0.4, -0.2) is 78.2 Å². The summed E-state index contributed by atoms with van der Waals surface area (Å²) in [6.45, 7) is 8.81. The van der Waals surface area contributed by atoms with Crippen LogP contribution in [-0.2, 0) is 6.18 Å². The highest BCUT2D eigenvalue weighted by atomic mass is 19.4. The van der Waals surface area contributed by atoms with E-state index in [0.717, 1.165) is 51.0 Å². The molecule has 11 heteroatoms. The van der Waals surface area contributed by atoms with E-state index in [1.54, 1.807) is 11.0 Å². The molecule has 0 amide bonds. The maximum atomic E-state index is 14.5. The molecule has 2 aromatic rings. The molecule has 7 nitrogen and oxygen atoms in total. The first-order chi connectivity index (χ1) is 17.7. The molecular formula is C26H37F4N7. The summed E-state index contributed by atoms with van der Waals surface area (Å²) in [6, 6.07) is 4.76. The minimum atomic E-state index is -4.52. The highest BCUT2D eigenvalue weighted by Gasteiger charge is 2.36. The Morgan fingerprint density at radius 1 is 1.03 bits per heavy atom. The number of hydrogen-bond acceptors (Lipinski definition) is 7. The molecule has 0 atom stereocenters. The molecule has 1 aromatic heterocycles. The Morgan fingerprint density at radius 2 is 1.70 bits per heavy atom. The summed E-state index contributed by atoms with van der Waals surface area (Å²) in [6.07, 6.45) is 0.374. The number of halogens is 4. The van der Waals surface area contributed by atoms with Crippen LogP contribution in [0.5, 0.6) is 0 Å². The lowest BCUT2D eigenvalue weighted by Gasteiger charge is -2.36. The summed E-state index contributed by atoms with van der Waals surface area (Å²) in [4.78, 5) is 14.5. The molecule has 0 radical (unpaired) electrons. The van der Waals surface area contributed by atoms with Gasteiger partial charge < -0.3 is 25.3 Å². The standard InChI is InChI=1S/C26H37F4N7/c1-4-36(5-2)20-9-6-18(7-10-20)32-24-22(27)17-31-25(34-24)33-19-8-11-23(21(16-19)26(28,29)30)37-14-12-35(3)13-15-37/h8,11,16-18,20H,4-7,9-10,12-15H2,1-3H3,(H2,31,32,33,34). The molecule has 1 aromatic carbocycles. The van der Waals surface area contributed by atoms with Crippen LogP contribution in [0.3, 0.4) is 0 Å². The predicted octanol–water partition coefficient (Wildman–Crippen LogP) is 5.19. The second-order valence-electron chi connectivity index (χ2n) is 9.91. The second-order valence-corrected chi connectivity index (χ2v) is 9.91. The van der Waals surface area contributed by atoms with Crippen LogP contribution in [0.2, 0.25) is 0 Å². The van der Waals surface area contributed by atoms with E-state index in [0.29, 0.717) is 32.2 Å². The van der Waals surface area contributed by atoms with Gasteiger partial charge in [-0.1, -0.05) is 13.8 Å². The van der Waals surface area contributed by atoms with E-state index >= 15 is 0 Å². The Labute approximate surface area is 216 Å². The first kappa shape index (κ1) is 27.4. The summed E-state index contributed by atoms with van der Waals surface area (Å²) in [5.74, 6) is -0.479. The van der Waals surface area contributed by atoms with Crippen molar-refractivity contribution in [3.05, 3.63) is 35.8 Å². The lowest BCUT2D eigenvalue weighted by Crippen LogP contribution is -2.45. The zero-order chi connectivity index (χ0) is 26.6. The van der Waals surface area contributed by atoms with Crippen LogP contribution in [0, 0.1) is 5.82 Å². The Kier molecular flexibility index (Phi) is 8.74. The van der Waals surface area contributed by atoms with Gasteiger partial charge >= 0.3 is 6.18 Å². The van der Waals surface area contributed by atoms with Gasteiger partial charge in [-0.3, -0.25) is 0 Å². The highest BCUT2D eigenvalue weighted by Crippen LogP contribution is 2.39. The maximum Gasteiger partial charge on any atom is 0.418 e. The SMILES string of the molecule is CCN(CC)C1CCC(Nc2nc(Nc3ccc(N4CCN(C)CC4)c(C(F)(F)F)c3)ncc2F)CC1. The number of benzene rings is 1. The van der Waals surface area contributed by atoms with E-state index in [4.69, 9.17) is 0 Å². The second kappa shape index (κ2) is 11.8. The van der Waals surface area contributed by atoms with Crippen LogP contribution in [0.25, 0.3) is 0 Å². The van der Waals surface area contributed by atoms with Crippen molar-refractivity contribution in [2.24, 2.45) is 0 Å². The maximum absolute atomic E-state index is 14.5. The normalized spacial score (nSPS) is 21.4. The molecule has 2 N–H and O–H groups in total. The van der Waals surface area contributed by atoms with E-state index in [2.05, 4.69) is 44.2 Å². The van der Waals surface area contributed by atoms with Crippen molar-refractivity contribution in [1.29, 1.82) is 0 Å². The van der Waals surface area contributed by atoms with Crippen molar-refractivity contribution in [3.63, 3.8) is 0 Å². The van der Waals surface area contributed by atoms with Crippen molar-refractivity contribution in [3.8, 4) is 0 Å². The smallest absolute Gasteiger partial charge is 0.368 e. The Hall–Kier alpha value is -2.66. The summed E-state index contributed by atoms with van der Waals surface area (Å²) in [5, 5.41) is 6.02. The van der Waals surface area contributed by atoms with Crippen LogP contribution >= 0.6 is 0 Å². The average molecular weight is 524 g/mol. The number of nitrogens with zero attached hydrogens (tertiary/aromatic N) is 5. The monoisotopic (exact) mass is 523 g/mol. The van der Waals surface area contributed by atoms with Crippen LogP contribution in [0.15, 0.2) is 24.4 Å². The summed E-state index contributed by atoms with van der Waals surface area (Å²) in [5.41, 5.74) is -0.358. The highest BCUT2D eigenvalue weighted by molar-refractivity contribution is 5.65. The summed E-state index contributed by atoms with van der Waals surface area (Å²) in [7, 11) is 1.96. The zero-order valence-electron chi connectivity index (χ0n) is 21.8. The number of alkyl halides is 3. The Bertz CT molecular complexity index is 1030. The molecule has 0 bridgehead atoms. The molecule has 204 valence electrons. The molecule has 0 spiro atoms. The van der Waals surface area contributed by atoms with Gasteiger partial charge in [0, 0.05) is 49.6 Å². The lowest BCUT2D eigenvalue weighted by molar-refractivity contribution is -0.137. The number of hydrogen-bond donors (Lipinski definition) is 2. The molecule has 2 heterocycles. The van der Waals surface area contributed by atoms with E-state index in [1.165, 1.54) is 6.07 Å². The van der Waals surface area contributed by atoms with E-state index < -0.39 is 17.6 Å². The minimum Gasteiger partial charge on any atom is -0.368 e. The third-order valence-corrected chi connectivity index (χ3v) is 7.51. The molecule has 0 unspecified atom stereocenters. The van der Waals surface area contributed by atoms with Gasteiger partial charge in [0.2, 0.25) is 5.95 Å². The van der Waals surface area contributed by atoms with E-state index in [1.807, 2.05) is 7.05 Å². The van der Waals surface area contributed by atoms with Gasteiger partial charge in [0.15, 0.2) is 11.6 Å². The molecule has 4 rings (SSSR count). The number of anilines is 4. The molecular weight excluding hydrogens is 486 g/mol. The number of piperazine rings is 1. The van der Waals surface area contributed by atoms with Crippen molar-refractivity contribution in [1.82, 2.24) is 19.8 Å². The van der Waals surface area contributed by atoms with Crippen molar-refractivity contribution >= 4 is 23.1 Å². The molecule has 2 aliphatic rings. The molecule has 1 aliphatic carbocycles. The van der Waals surface area contributed by atoms with Gasteiger partial charge in [0.25, 0.3) is 0 Å². The number of nitrogens with one attached hydrogen (secondary N) is 2. The molecule has 2 fully saturated rings. The first-order valence-corrected chi connectivity index (χ1v) is 13.1. The third-order valence-electron chi connectivity index (χ3n) is 7.51. The van der Waals surface area contributed by atoms with Gasteiger partial charge in [-0.25, -0.2) is 9.37 Å². The number of aromatic nitrogens is 2. The third kappa shape index (κ3) is 6.81. The molecule has 1 saturated carbocycles. The molecule has 1 saturated heterocycles. The first-order valence-electron chi connectivity index (χ1n) is 13.1. The average Bonchev–Trinajstić information content (AvgIpc) is 2.88. The van der Waals surface area contributed by atoms with Crippen LogP contribution < -0.4 is 15.5 Å². The molecule has 1 aliphatic heterocycles. The fourth-order valence-corrected chi connectivity index (χ4v) is 5.34. The quantitative estimate of drug-likeness (QED) is 0.462. The Morgan fingerprint density at radius 3 is 2.32 bits per heavy atom. The van der Waals surface area contributed by atoms with Crippen molar-refractivity contribution < 1.29 is 17.6 Å². The topological polar surface area (TPSA) is 59.6 Å². The van der Waals surface area contributed by atoms with Crippen LogP contribution in [0.4, 0.5) is 40.7 Å². The number of likely N-dealkylation sites (N-methyl/N-ethyl adjacent to an activating group) is 1. The Balaban J connectivity index is 1.46. The van der Waals surface area contributed by atoms with Crippen molar-refractivity contribution in [2.75, 3.05) is 61.8 Å². The largest absolute Gasteiger partial charge is 0.418 e. The van der Waals surface area contributed by atoms with E-state index in [-0.39, 0.29) is 29.2 Å².